The fourth-order valence-electron chi connectivity index (χ4n) is 2.09. The number of hydrogen-bond acceptors (Lipinski definition) is 3. The predicted octanol–water partition coefficient (Wildman–Crippen LogP) is 0.296. The standard InChI is InChI=1S/C12H18N2O3/c1-14-6-2-3-10(14)11(16)13-12(9-15)4-7-17-8-5-12/h2-3,6,15H,4-5,7-9H2,1H3,(H,13,16). The highest BCUT2D eigenvalue weighted by molar-refractivity contribution is 5.93. The molecule has 0 aliphatic carbocycles. The Bertz CT molecular complexity index is 394. The van der Waals surface area contributed by atoms with E-state index in [1.807, 2.05) is 19.3 Å². The second-order valence-electron chi connectivity index (χ2n) is 4.51. The van der Waals surface area contributed by atoms with Crippen molar-refractivity contribution in [3.8, 4) is 0 Å². The summed E-state index contributed by atoms with van der Waals surface area (Å²) >= 11 is 0. The lowest BCUT2D eigenvalue weighted by atomic mass is 9.91. The van der Waals surface area contributed by atoms with Gasteiger partial charge in [0.05, 0.1) is 12.1 Å². The van der Waals surface area contributed by atoms with Gasteiger partial charge in [0.15, 0.2) is 0 Å². The number of aromatic nitrogens is 1. The fourth-order valence-corrected chi connectivity index (χ4v) is 2.09. The van der Waals surface area contributed by atoms with Gasteiger partial charge in [-0.1, -0.05) is 0 Å². The topological polar surface area (TPSA) is 63.5 Å². The summed E-state index contributed by atoms with van der Waals surface area (Å²) in [4.78, 5) is 12.1. The van der Waals surface area contributed by atoms with E-state index in [1.54, 1.807) is 10.6 Å². The first-order valence-electron chi connectivity index (χ1n) is 5.79. The lowest BCUT2D eigenvalue weighted by molar-refractivity contribution is 0.0124. The molecule has 17 heavy (non-hydrogen) atoms. The molecule has 2 N–H and O–H groups in total. The van der Waals surface area contributed by atoms with Gasteiger partial charge in [-0.25, -0.2) is 0 Å². The Morgan fingerprint density at radius 2 is 2.29 bits per heavy atom. The zero-order chi connectivity index (χ0) is 12.3. The van der Waals surface area contributed by atoms with E-state index < -0.39 is 5.54 Å². The van der Waals surface area contributed by atoms with Crippen molar-refractivity contribution in [2.45, 2.75) is 18.4 Å². The van der Waals surface area contributed by atoms with Gasteiger partial charge in [-0.15, -0.1) is 0 Å². The molecule has 0 spiro atoms. The molecule has 1 fully saturated rings. The van der Waals surface area contributed by atoms with E-state index in [2.05, 4.69) is 5.32 Å². The molecule has 2 heterocycles. The second kappa shape index (κ2) is 4.89. The third-order valence-electron chi connectivity index (χ3n) is 3.31. The maximum absolute atomic E-state index is 12.1. The van der Waals surface area contributed by atoms with E-state index in [0.717, 1.165) is 0 Å². The highest BCUT2D eigenvalue weighted by Gasteiger charge is 2.34. The van der Waals surface area contributed by atoms with Crippen LogP contribution in [0, 0.1) is 0 Å². The molecule has 1 saturated heterocycles. The van der Waals surface area contributed by atoms with E-state index in [-0.39, 0.29) is 12.5 Å². The van der Waals surface area contributed by atoms with Crippen molar-refractivity contribution >= 4 is 5.91 Å². The van der Waals surface area contributed by atoms with Gasteiger partial charge in [-0.2, -0.15) is 0 Å². The molecule has 2 rings (SSSR count). The molecule has 1 aliphatic rings. The van der Waals surface area contributed by atoms with Crippen molar-refractivity contribution in [2.24, 2.45) is 7.05 Å². The first-order chi connectivity index (χ1) is 8.17. The highest BCUT2D eigenvalue weighted by Crippen LogP contribution is 2.20. The van der Waals surface area contributed by atoms with Crippen molar-refractivity contribution in [3.63, 3.8) is 0 Å². The summed E-state index contributed by atoms with van der Waals surface area (Å²) in [7, 11) is 1.82. The number of carbonyl (C=O) groups excluding carboxylic acids is 1. The van der Waals surface area contributed by atoms with Gasteiger partial charge in [0.2, 0.25) is 0 Å². The lowest BCUT2D eigenvalue weighted by Crippen LogP contribution is -2.54. The number of ether oxygens (including phenoxy) is 1. The molecule has 94 valence electrons. The Balaban J connectivity index is 2.08. The zero-order valence-corrected chi connectivity index (χ0v) is 9.98. The van der Waals surface area contributed by atoms with Crippen LogP contribution in [0.4, 0.5) is 0 Å². The summed E-state index contributed by atoms with van der Waals surface area (Å²) in [5, 5.41) is 12.4. The lowest BCUT2D eigenvalue weighted by Gasteiger charge is -2.36. The molecule has 0 unspecified atom stereocenters. The second-order valence-corrected chi connectivity index (χ2v) is 4.51. The maximum atomic E-state index is 12.1. The first-order valence-corrected chi connectivity index (χ1v) is 5.79. The number of aliphatic hydroxyl groups excluding tert-OH is 1. The number of hydrogen-bond donors (Lipinski definition) is 2. The van der Waals surface area contributed by atoms with E-state index in [4.69, 9.17) is 4.74 Å². The Hall–Kier alpha value is -1.33. The van der Waals surface area contributed by atoms with Crippen molar-refractivity contribution in [3.05, 3.63) is 24.0 Å². The van der Waals surface area contributed by atoms with Crippen LogP contribution in [0.3, 0.4) is 0 Å². The summed E-state index contributed by atoms with van der Waals surface area (Å²) in [6, 6.07) is 3.59. The van der Waals surface area contributed by atoms with E-state index in [9.17, 15) is 9.90 Å². The van der Waals surface area contributed by atoms with Gasteiger partial charge >= 0.3 is 0 Å². The number of amides is 1. The summed E-state index contributed by atoms with van der Waals surface area (Å²) in [5.74, 6) is -0.145. The number of nitrogens with zero attached hydrogens (tertiary/aromatic N) is 1. The smallest absolute Gasteiger partial charge is 0.268 e. The predicted molar refractivity (Wildman–Crippen MR) is 62.7 cm³/mol. The fraction of sp³-hybridized carbons (Fsp3) is 0.583. The van der Waals surface area contributed by atoms with Gasteiger partial charge in [-0.05, 0) is 25.0 Å². The molecule has 0 bridgehead atoms. The molecular formula is C12H18N2O3. The Morgan fingerprint density at radius 3 is 2.82 bits per heavy atom. The average Bonchev–Trinajstić information content (AvgIpc) is 2.77. The van der Waals surface area contributed by atoms with Gasteiger partial charge in [-0.3, -0.25) is 4.79 Å². The SMILES string of the molecule is Cn1cccc1C(=O)NC1(CO)CCOCC1. The van der Waals surface area contributed by atoms with Crippen LogP contribution in [0.1, 0.15) is 23.3 Å². The molecule has 0 atom stereocenters. The number of carbonyl (C=O) groups is 1. The van der Waals surface area contributed by atoms with Crippen molar-refractivity contribution in [2.75, 3.05) is 19.8 Å². The van der Waals surface area contributed by atoms with Crippen LogP contribution in [0.2, 0.25) is 0 Å². The van der Waals surface area contributed by atoms with Gasteiger partial charge in [0.25, 0.3) is 5.91 Å². The molecule has 0 radical (unpaired) electrons. The third kappa shape index (κ3) is 2.50. The van der Waals surface area contributed by atoms with Crippen molar-refractivity contribution in [1.82, 2.24) is 9.88 Å². The molecule has 0 saturated carbocycles. The summed E-state index contributed by atoms with van der Waals surface area (Å²) in [6.45, 7) is 1.11. The minimum atomic E-state index is -0.528. The van der Waals surface area contributed by atoms with Gasteiger partial charge in [0.1, 0.15) is 5.69 Å². The van der Waals surface area contributed by atoms with Crippen LogP contribution in [0.25, 0.3) is 0 Å². The number of rotatable bonds is 3. The van der Waals surface area contributed by atoms with E-state index >= 15 is 0 Å². The van der Waals surface area contributed by atoms with Crippen LogP contribution in [-0.4, -0.2) is 40.9 Å². The molecule has 1 aromatic heterocycles. The Morgan fingerprint density at radius 1 is 1.59 bits per heavy atom. The molecule has 1 aliphatic heterocycles. The molecule has 5 nitrogen and oxygen atoms in total. The van der Waals surface area contributed by atoms with Crippen LogP contribution in [0.5, 0.6) is 0 Å². The molecular weight excluding hydrogens is 220 g/mol. The van der Waals surface area contributed by atoms with E-state index in [0.29, 0.717) is 31.7 Å². The Labute approximate surface area is 100 Å². The maximum Gasteiger partial charge on any atom is 0.268 e. The molecule has 1 amide bonds. The monoisotopic (exact) mass is 238 g/mol. The van der Waals surface area contributed by atoms with Crippen LogP contribution in [0.15, 0.2) is 18.3 Å². The number of aryl methyl sites for hydroxylation is 1. The largest absolute Gasteiger partial charge is 0.394 e. The van der Waals surface area contributed by atoms with Gasteiger partial charge < -0.3 is 19.7 Å². The normalized spacial score (nSPS) is 18.9. The highest BCUT2D eigenvalue weighted by atomic mass is 16.5. The Kier molecular flexibility index (Phi) is 3.49. The van der Waals surface area contributed by atoms with Gasteiger partial charge in [0, 0.05) is 26.5 Å². The summed E-state index contributed by atoms with van der Waals surface area (Å²) < 4.78 is 7.02. The summed E-state index contributed by atoms with van der Waals surface area (Å²) in [6.07, 6.45) is 3.13. The third-order valence-corrected chi connectivity index (χ3v) is 3.31. The average molecular weight is 238 g/mol. The van der Waals surface area contributed by atoms with Crippen LogP contribution in [-0.2, 0) is 11.8 Å². The van der Waals surface area contributed by atoms with Crippen LogP contribution >= 0.6 is 0 Å². The summed E-state index contributed by atoms with van der Waals surface area (Å²) in [5.41, 5.74) is 0.0730. The quantitative estimate of drug-likeness (QED) is 0.796. The zero-order valence-electron chi connectivity index (χ0n) is 9.98. The molecule has 0 aromatic carbocycles. The van der Waals surface area contributed by atoms with E-state index in [1.165, 1.54) is 0 Å². The molecule has 5 heteroatoms. The first kappa shape index (κ1) is 12.1. The van der Waals surface area contributed by atoms with Crippen molar-refractivity contribution < 1.29 is 14.6 Å². The van der Waals surface area contributed by atoms with Crippen molar-refractivity contribution in [1.29, 1.82) is 0 Å². The number of nitrogens with one attached hydrogen (secondary N) is 1. The van der Waals surface area contributed by atoms with Crippen LogP contribution < -0.4 is 5.32 Å². The minimum absolute atomic E-state index is 0.0491. The minimum Gasteiger partial charge on any atom is -0.394 e. The number of aliphatic hydroxyl groups is 1. The molecule has 1 aromatic rings.